The Bertz CT molecular complexity index is 1050. The monoisotopic (exact) mass is 459 g/mol. The average Bonchev–Trinajstić information content (AvgIpc) is 3.33. The van der Waals surface area contributed by atoms with E-state index in [1.165, 1.54) is 37.1 Å². The molecule has 1 atom stereocenters. The first-order valence-electron chi connectivity index (χ1n) is 11.2. The van der Waals surface area contributed by atoms with Gasteiger partial charge in [0.2, 0.25) is 10.0 Å². The molecular formula is C24H33N3O4S. The first-order valence-corrected chi connectivity index (χ1v) is 12.7. The maximum Gasteiger partial charge on any atom is 0.244 e. The Labute approximate surface area is 191 Å². The molecule has 4 rings (SSSR count). The third-order valence-electron chi connectivity index (χ3n) is 6.55. The highest BCUT2D eigenvalue weighted by molar-refractivity contribution is 7.89. The van der Waals surface area contributed by atoms with Gasteiger partial charge in [-0.15, -0.1) is 0 Å². The van der Waals surface area contributed by atoms with Gasteiger partial charge in [0.25, 0.3) is 0 Å². The normalized spacial score (nSPS) is 17.8. The minimum atomic E-state index is -3.75. The largest absolute Gasteiger partial charge is 0.497 e. The van der Waals surface area contributed by atoms with Crippen LogP contribution in [0.2, 0.25) is 0 Å². The zero-order valence-corrected chi connectivity index (χ0v) is 20.0. The number of hydrogen-bond acceptors (Lipinski definition) is 6. The topological polar surface area (TPSA) is 71.1 Å². The molecule has 1 saturated heterocycles. The number of fused-ring (bicyclic) bond motifs is 1. The van der Waals surface area contributed by atoms with Crippen molar-refractivity contribution in [1.82, 2.24) is 9.62 Å². The maximum absolute atomic E-state index is 13.2. The zero-order chi connectivity index (χ0) is 22.7. The number of nitrogens with one attached hydrogen (secondary N) is 1. The van der Waals surface area contributed by atoms with Crippen LogP contribution in [0.3, 0.4) is 0 Å². The van der Waals surface area contributed by atoms with Crippen LogP contribution < -0.4 is 19.1 Å². The standard InChI is InChI=1S/C24H33N3O4S/c1-26-12-6-7-18-15-19(8-10-21(18)26)22(27-13-4-5-14-27)17-25-32(28,29)24-11-9-20(30-2)16-23(24)31-3/h8-11,15-16,22,25H,4-7,12-14,17H2,1-3H3. The highest BCUT2D eigenvalue weighted by atomic mass is 32.2. The van der Waals surface area contributed by atoms with Gasteiger partial charge in [0.1, 0.15) is 16.4 Å². The first kappa shape index (κ1) is 22.9. The van der Waals surface area contributed by atoms with E-state index in [0.717, 1.165) is 45.3 Å². The summed E-state index contributed by atoms with van der Waals surface area (Å²) in [7, 11) is 1.38. The van der Waals surface area contributed by atoms with Gasteiger partial charge in [0, 0.05) is 37.9 Å². The highest BCUT2D eigenvalue weighted by Gasteiger charge is 2.28. The first-order chi connectivity index (χ1) is 15.4. The molecule has 0 radical (unpaired) electrons. The number of ether oxygens (including phenoxy) is 2. The fourth-order valence-corrected chi connectivity index (χ4v) is 5.97. The Morgan fingerprint density at radius 3 is 2.50 bits per heavy atom. The minimum Gasteiger partial charge on any atom is -0.497 e. The molecule has 2 aliphatic rings. The van der Waals surface area contributed by atoms with E-state index in [4.69, 9.17) is 9.47 Å². The second-order valence-electron chi connectivity index (χ2n) is 8.54. The van der Waals surface area contributed by atoms with Gasteiger partial charge in [0.15, 0.2) is 0 Å². The Kier molecular flexibility index (Phi) is 6.93. The van der Waals surface area contributed by atoms with Gasteiger partial charge in [-0.2, -0.15) is 0 Å². The van der Waals surface area contributed by atoms with Gasteiger partial charge in [0.05, 0.1) is 14.2 Å². The van der Waals surface area contributed by atoms with Crippen LogP contribution in [0.1, 0.15) is 36.4 Å². The van der Waals surface area contributed by atoms with Crippen molar-refractivity contribution in [2.24, 2.45) is 0 Å². The van der Waals surface area contributed by atoms with Crippen molar-refractivity contribution < 1.29 is 17.9 Å². The quantitative estimate of drug-likeness (QED) is 0.654. The molecule has 7 nitrogen and oxygen atoms in total. The second kappa shape index (κ2) is 9.68. The van der Waals surface area contributed by atoms with Gasteiger partial charge in [-0.3, -0.25) is 4.90 Å². The Morgan fingerprint density at radius 1 is 1.00 bits per heavy atom. The molecule has 0 aromatic heterocycles. The van der Waals surface area contributed by atoms with Crippen molar-refractivity contribution in [3.63, 3.8) is 0 Å². The molecule has 0 bridgehead atoms. The summed E-state index contributed by atoms with van der Waals surface area (Å²) < 4.78 is 39.7. The van der Waals surface area contributed by atoms with Gasteiger partial charge >= 0.3 is 0 Å². The number of likely N-dealkylation sites (tertiary alicyclic amines) is 1. The summed E-state index contributed by atoms with van der Waals surface area (Å²) in [5.74, 6) is 0.821. The summed E-state index contributed by atoms with van der Waals surface area (Å²) in [5, 5.41) is 0. The Balaban J connectivity index is 1.59. The number of anilines is 1. The summed E-state index contributed by atoms with van der Waals surface area (Å²) in [6, 6.07) is 11.4. The summed E-state index contributed by atoms with van der Waals surface area (Å²) in [6.45, 7) is 3.35. The van der Waals surface area contributed by atoms with Crippen molar-refractivity contribution in [2.75, 3.05) is 52.3 Å². The van der Waals surface area contributed by atoms with E-state index in [1.54, 1.807) is 12.1 Å². The number of methoxy groups -OCH3 is 2. The van der Waals surface area contributed by atoms with Crippen LogP contribution in [0.5, 0.6) is 11.5 Å². The van der Waals surface area contributed by atoms with Gasteiger partial charge in [-0.05, 0) is 68.1 Å². The lowest BCUT2D eigenvalue weighted by molar-refractivity contribution is 0.246. The smallest absolute Gasteiger partial charge is 0.244 e. The van der Waals surface area contributed by atoms with Crippen molar-refractivity contribution in [1.29, 1.82) is 0 Å². The molecule has 0 aliphatic carbocycles. The Morgan fingerprint density at radius 2 is 1.78 bits per heavy atom. The SMILES string of the molecule is COc1ccc(S(=O)(=O)NCC(c2ccc3c(c2)CCCN3C)N2CCCC2)c(OC)c1. The lowest BCUT2D eigenvalue weighted by atomic mass is 9.96. The van der Waals surface area contributed by atoms with E-state index in [9.17, 15) is 8.42 Å². The number of aryl methyl sites for hydroxylation is 1. The maximum atomic E-state index is 13.2. The average molecular weight is 460 g/mol. The summed E-state index contributed by atoms with van der Waals surface area (Å²) in [5.41, 5.74) is 3.80. The number of hydrogen-bond donors (Lipinski definition) is 1. The van der Waals surface area contributed by atoms with Crippen molar-refractivity contribution in [3.05, 3.63) is 47.5 Å². The summed E-state index contributed by atoms with van der Waals surface area (Å²) >= 11 is 0. The second-order valence-corrected chi connectivity index (χ2v) is 10.3. The van der Waals surface area contributed by atoms with Crippen LogP contribution in [0.15, 0.2) is 41.3 Å². The van der Waals surface area contributed by atoms with Gasteiger partial charge in [-0.25, -0.2) is 13.1 Å². The highest BCUT2D eigenvalue weighted by Crippen LogP contribution is 2.33. The summed E-state index contributed by atoms with van der Waals surface area (Å²) in [4.78, 5) is 4.81. The van der Waals surface area contributed by atoms with E-state index >= 15 is 0 Å². The molecule has 2 aliphatic heterocycles. The van der Waals surface area contributed by atoms with Crippen LogP contribution in [-0.4, -0.2) is 60.8 Å². The van der Waals surface area contributed by atoms with Crippen LogP contribution in [-0.2, 0) is 16.4 Å². The van der Waals surface area contributed by atoms with Gasteiger partial charge in [-0.1, -0.05) is 12.1 Å². The predicted molar refractivity (Wildman–Crippen MR) is 126 cm³/mol. The number of nitrogens with zero attached hydrogens (tertiary/aromatic N) is 2. The van der Waals surface area contributed by atoms with Crippen LogP contribution in [0.25, 0.3) is 0 Å². The molecule has 174 valence electrons. The molecule has 0 amide bonds. The molecule has 1 fully saturated rings. The van der Waals surface area contributed by atoms with Crippen LogP contribution >= 0.6 is 0 Å². The molecule has 2 heterocycles. The molecule has 32 heavy (non-hydrogen) atoms. The Hall–Kier alpha value is -2.29. The number of benzene rings is 2. The van der Waals surface area contributed by atoms with Crippen molar-refractivity contribution in [3.8, 4) is 11.5 Å². The third kappa shape index (κ3) is 4.72. The van der Waals surface area contributed by atoms with E-state index < -0.39 is 10.0 Å². The molecule has 1 unspecified atom stereocenters. The molecule has 0 saturated carbocycles. The summed E-state index contributed by atoms with van der Waals surface area (Å²) in [6.07, 6.45) is 4.49. The molecule has 1 N–H and O–H groups in total. The molecular weight excluding hydrogens is 426 g/mol. The predicted octanol–water partition coefficient (Wildman–Crippen LogP) is 3.20. The van der Waals surface area contributed by atoms with Crippen LogP contribution in [0, 0.1) is 0 Å². The molecule has 8 heteroatoms. The third-order valence-corrected chi connectivity index (χ3v) is 8.01. The van der Waals surface area contributed by atoms with Gasteiger partial charge < -0.3 is 14.4 Å². The van der Waals surface area contributed by atoms with E-state index in [-0.39, 0.29) is 16.7 Å². The minimum absolute atomic E-state index is 0.00551. The molecule has 0 spiro atoms. The fourth-order valence-electron chi connectivity index (χ4n) is 4.79. The number of rotatable bonds is 8. The van der Waals surface area contributed by atoms with E-state index in [0.29, 0.717) is 12.3 Å². The van der Waals surface area contributed by atoms with Crippen molar-refractivity contribution >= 4 is 15.7 Å². The fraction of sp³-hybridized carbons (Fsp3) is 0.500. The zero-order valence-electron chi connectivity index (χ0n) is 19.1. The molecule has 2 aromatic carbocycles. The molecule has 2 aromatic rings. The van der Waals surface area contributed by atoms with Crippen molar-refractivity contribution in [2.45, 2.75) is 36.6 Å². The lowest BCUT2D eigenvalue weighted by Crippen LogP contribution is -2.37. The van der Waals surface area contributed by atoms with E-state index in [2.05, 4.69) is 39.8 Å². The van der Waals surface area contributed by atoms with E-state index in [1.807, 2.05) is 0 Å². The van der Waals surface area contributed by atoms with Crippen LogP contribution in [0.4, 0.5) is 5.69 Å². The lowest BCUT2D eigenvalue weighted by Gasteiger charge is -2.32. The number of sulfonamides is 1.